The molecule has 2 saturated heterocycles. The molecule has 4 amide bonds. The van der Waals surface area contributed by atoms with Gasteiger partial charge in [0.15, 0.2) is 16.9 Å². The van der Waals surface area contributed by atoms with E-state index in [4.69, 9.17) is 9.47 Å². The van der Waals surface area contributed by atoms with E-state index in [0.29, 0.717) is 43.2 Å². The highest BCUT2D eigenvalue weighted by Gasteiger charge is 2.63. The number of nitro groups is 1. The van der Waals surface area contributed by atoms with Gasteiger partial charge >= 0.3 is 6.03 Å². The number of hydrogen-bond donors (Lipinski definition) is 0. The molecule has 1 spiro atoms. The van der Waals surface area contributed by atoms with E-state index in [1.165, 1.54) is 26.2 Å². The van der Waals surface area contributed by atoms with Crippen molar-refractivity contribution in [3.8, 4) is 11.5 Å². The quantitative estimate of drug-likeness (QED) is 0.346. The summed E-state index contributed by atoms with van der Waals surface area (Å²) in [7, 11) is 2.74. The Bertz CT molecular complexity index is 1340. The SMILES string of the molecule is CN1C(=O)N(C)C(=O)C2(Cc3cc([N+](=O)[O-])ccc3N3CCN(Cc4ccc5c(c4)OCO5)C[C@@H]32)C1=O. The fourth-order valence-corrected chi connectivity index (χ4v) is 6.04. The lowest BCUT2D eigenvalue weighted by Crippen LogP contribution is -2.74. The lowest BCUT2D eigenvalue weighted by Gasteiger charge is -2.56. The third kappa shape index (κ3) is 3.35. The zero-order chi connectivity index (χ0) is 26.1. The second-order valence-corrected chi connectivity index (χ2v) is 9.86. The molecule has 2 aromatic rings. The molecule has 0 bridgehead atoms. The molecule has 2 aromatic carbocycles. The summed E-state index contributed by atoms with van der Waals surface area (Å²) in [4.78, 5) is 57.3. The Hall–Kier alpha value is -4.19. The first-order valence-electron chi connectivity index (χ1n) is 12.0. The summed E-state index contributed by atoms with van der Waals surface area (Å²) in [5.41, 5.74) is 0.624. The Morgan fingerprint density at radius 1 is 1.00 bits per heavy atom. The average molecular weight is 508 g/mol. The third-order valence-corrected chi connectivity index (χ3v) is 7.88. The van der Waals surface area contributed by atoms with Crippen LogP contribution in [0.25, 0.3) is 0 Å². The number of benzene rings is 2. The Labute approximate surface area is 212 Å². The summed E-state index contributed by atoms with van der Waals surface area (Å²) in [6.07, 6.45) is -0.0251. The largest absolute Gasteiger partial charge is 0.454 e. The first-order chi connectivity index (χ1) is 17.7. The summed E-state index contributed by atoms with van der Waals surface area (Å²) in [6.45, 7) is 2.28. The van der Waals surface area contributed by atoms with Crippen molar-refractivity contribution in [2.75, 3.05) is 45.4 Å². The zero-order valence-corrected chi connectivity index (χ0v) is 20.4. The molecule has 0 saturated carbocycles. The Morgan fingerprint density at radius 3 is 2.46 bits per heavy atom. The van der Waals surface area contributed by atoms with E-state index in [1.54, 1.807) is 6.07 Å². The van der Waals surface area contributed by atoms with Crippen LogP contribution >= 0.6 is 0 Å². The van der Waals surface area contributed by atoms with Crippen molar-refractivity contribution in [1.82, 2.24) is 14.7 Å². The van der Waals surface area contributed by atoms with E-state index in [1.807, 2.05) is 23.1 Å². The standard InChI is InChI=1S/C25H25N5O7/c1-26-22(31)25(23(32)27(2)24(26)33)11-16-10-17(30(34)35)4-5-18(16)29-8-7-28(13-21(25)29)12-15-3-6-19-20(9-15)37-14-36-19/h3-6,9-10,21H,7-8,11-14H2,1-2H3/t21-/m1/s1. The molecule has 0 aromatic heterocycles. The second kappa shape index (κ2) is 8.17. The molecule has 4 aliphatic heterocycles. The molecular formula is C25H25N5O7. The van der Waals surface area contributed by atoms with Gasteiger partial charge in [0.2, 0.25) is 18.6 Å². The van der Waals surface area contributed by atoms with Crippen LogP contribution in [0.3, 0.4) is 0 Å². The third-order valence-electron chi connectivity index (χ3n) is 7.88. The molecule has 1 atom stereocenters. The number of nitrogens with zero attached hydrogens (tertiary/aromatic N) is 5. The van der Waals surface area contributed by atoms with Crippen LogP contribution in [0.4, 0.5) is 16.2 Å². The van der Waals surface area contributed by atoms with Crippen molar-refractivity contribution in [2.45, 2.75) is 19.0 Å². The molecule has 4 aliphatic rings. The summed E-state index contributed by atoms with van der Waals surface area (Å²) in [5, 5.41) is 11.5. The van der Waals surface area contributed by atoms with Crippen LogP contribution in [-0.4, -0.2) is 84.0 Å². The number of carbonyl (C=O) groups excluding carboxylic acids is 3. The topological polar surface area (TPSA) is 126 Å². The number of nitro benzene ring substituents is 1. The normalized spacial score (nSPS) is 22.4. The minimum Gasteiger partial charge on any atom is -0.454 e. The van der Waals surface area contributed by atoms with Gasteiger partial charge in [-0.25, -0.2) is 4.79 Å². The van der Waals surface area contributed by atoms with Crippen LogP contribution in [0.15, 0.2) is 36.4 Å². The number of amides is 4. The van der Waals surface area contributed by atoms with Gasteiger partial charge in [0.05, 0.1) is 11.0 Å². The van der Waals surface area contributed by atoms with E-state index in [9.17, 15) is 24.5 Å². The molecule has 12 heteroatoms. The van der Waals surface area contributed by atoms with E-state index < -0.39 is 34.2 Å². The molecule has 0 radical (unpaired) electrons. The number of imide groups is 2. The number of hydrogen-bond acceptors (Lipinski definition) is 9. The fraction of sp³-hybridized carbons (Fsp3) is 0.400. The van der Waals surface area contributed by atoms with Gasteiger partial charge < -0.3 is 14.4 Å². The number of rotatable bonds is 3. The van der Waals surface area contributed by atoms with Crippen molar-refractivity contribution in [1.29, 1.82) is 0 Å². The number of anilines is 1. The van der Waals surface area contributed by atoms with E-state index in [-0.39, 0.29) is 18.9 Å². The molecule has 12 nitrogen and oxygen atoms in total. The van der Waals surface area contributed by atoms with Gasteiger partial charge in [-0.2, -0.15) is 0 Å². The van der Waals surface area contributed by atoms with Crippen molar-refractivity contribution in [3.63, 3.8) is 0 Å². The molecule has 37 heavy (non-hydrogen) atoms. The summed E-state index contributed by atoms with van der Waals surface area (Å²) >= 11 is 0. The van der Waals surface area contributed by atoms with Gasteiger partial charge in [-0.1, -0.05) is 6.07 Å². The maximum atomic E-state index is 13.8. The van der Waals surface area contributed by atoms with Crippen LogP contribution in [0, 0.1) is 15.5 Å². The van der Waals surface area contributed by atoms with Crippen molar-refractivity contribution < 1.29 is 28.8 Å². The number of ether oxygens (including phenoxy) is 2. The minimum absolute atomic E-state index is 0.0251. The maximum absolute atomic E-state index is 13.8. The van der Waals surface area contributed by atoms with Crippen LogP contribution < -0.4 is 14.4 Å². The lowest BCUT2D eigenvalue weighted by atomic mass is 9.67. The Balaban J connectivity index is 1.40. The predicted molar refractivity (Wildman–Crippen MR) is 129 cm³/mol. The minimum atomic E-state index is -1.59. The molecule has 0 N–H and O–H groups in total. The predicted octanol–water partition coefficient (Wildman–Crippen LogP) is 1.61. The van der Waals surface area contributed by atoms with Gasteiger partial charge in [-0.3, -0.25) is 34.4 Å². The molecule has 192 valence electrons. The number of urea groups is 1. The van der Waals surface area contributed by atoms with Gasteiger partial charge in [0.1, 0.15) is 0 Å². The first kappa shape index (κ1) is 23.2. The second-order valence-electron chi connectivity index (χ2n) is 9.86. The van der Waals surface area contributed by atoms with Crippen LogP contribution in [-0.2, 0) is 22.6 Å². The van der Waals surface area contributed by atoms with Gasteiger partial charge in [-0.05, 0) is 29.3 Å². The fourth-order valence-electron chi connectivity index (χ4n) is 6.04. The molecule has 2 fully saturated rings. The van der Waals surface area contributed by atoms with Gasteiger partial charge in [-0.15, -0.1) is 0 Å². The van der Waals surface area contributed by atoms with E-state index in [0.717, 1.165) is 21.1 Å². The number of fused-ring (bicyclic) bond motifs is 5. The molecule has 0 unspecified atom stereocenters. The Kier molecular flexibility index (Phi) is 5.13. The van der Waals surface area contributed by atoms with Crippen molar-refractivity contribution >= 4 is 29.2 Å². The number of non-ortho nitro benzene ring substituents is 1. The van der Waals surface area contributed by atoms with Crippen molar-refractivity contribution in [2.24, 2.45) is 5.41 Å². The highest BCUT2D eigenvalue weighted by molar-refractivity contribution is 6.20. The average Bonchev–Trinajstić information content (AvgIpc) is 3.37. The number of carbonyl (C=O) groups is 3. The van der Waals surface area contributed by atoms with Gasteiger partial charge in [0, 0.05) is 64.5 Å². The maximum Gasteiger partial charge on any atom is 0.332 e. The smallest absolute Gasteiger partial charge is 0.332 e. The van der Waals surface area contributed by atoms with E-state index >= 15 is 0 Å². The van der Waals surface area contributed by atoms with Crippen LogP contribution in [0.5, 0.6) is 11.5 Å². The monoisotopic (exact) mass is 507 g/mol. The van der Waals surface area contributed by atoms with E-state index in [2.05, 4.69) is 4.90 Å². The zero-order valence-electron chi connectivity index (χ0n) is 20.4. The number of barbiturate groups is 1. The summed E-state index contributed by atoms with van der Waals surface area (Å²) in [6, 6.07) is 9.06. The molecule has 0 aliphatic carbocycles. The summed E-state index contributed by atoms with van der Waals surface area (Å²) < 4.78 is 10.9. The van der Waals surface area contributed by atoms with Crippen molar-refractivity contribution in [3.05, 3.63) is 57.6 Å². The summed E-state index contributed by atoms with van der Waals surface area (Å²) in [5.74, 6) is 0.204. The van der Waals surface area contributed by atoms with Crippen LogP contribution in [0.1, 0.15) is 11.1 Å². The highest BCUT2D eigenvalue weighted by atomic mass is 16.7. The molecule has 4 heterocycles. The first-order valence-corrected chi connectivity index (χ1v) is 12.0. The molecular weight excluding hydrogens is 482 g/mol. The molecule has 6 rings (SSSR count). The van der Waals surface area contributed by atoms with Gasteiger partial charge in [0.25, 0.3) is 5.69 Å². The highest BCUT2D eigenvalue weighted by Crippen LogP contribution is 2.47. The number of piperazine rings is 1. The lowest BCUT2D eigenvalue weighted by molar-refractivity contribution is -0.384. The Morgan fingerprint density at radius 2 is 1.73 bits per heavy atom. The van der Waals surface area contributed by atoms with Crippen LogP contribution in [0.2, 0.25) is 0 Å².